The second kappa shape index (κ2) is 10.4. The van der Waals surface area contributed by atoms with Crippen LogP contribution in [0.4, 0.5) is 5.69 Å². The molecule has 1 aliphatic rings. The molecule has 0 aromatic carbocycles. The van der Waals surface area contributed by atoms with Gasteiger partial charge in [0.1, 0.15) is 0 Å². The molecular weight excluding hydrogens is 409 g/mol. The maximum Gasteiger partial charge on any atom is 0.243 e. The number of methoxy groups -OCH3 is 1. The quantitative estimate of drug-likeness (QED) is 0.415. The third-order valence-corrected chi connectivity index (χ3v) is 3.55. The Kier molecular flexibility index (Phi) is 8.85. The van der Waals surface area contributed by atoms with Crippen molar-refractivity contribution >= 4 is 41.5 Å². The Morgan fingerprint density at radius 2 is 2.39 bits per heavy atom. The average Bonchev–Trinajstić information content (AvgIpc) is 2.98. The monoisotopic (exact) mass is 433 g/mol. The highest BCUT2D eigenvalue weighted by molar-refractivity contribution is 14.0. The summed E-state index contributed by atoms with van der Waals surface area (Å²) in [4.78, 5) is 22.3. The summed E-state index contributed by atoms with van der Waals surface area (Å²) >= 11 is 0. The van der Waals surface area contributed by atoms with Gasteiger partial charge in [-0.25, -0.2) is 0 Å². The SMILES string of the molecule is CN=C(NCC(=O)Nc1cccnc1)N1CCC(COC)C1.I. The number of nitrogens with one attached hydrogen (secondary N) is 2. The maximum atomic E-state index is 11.9. The van der Waals surface area contributed by atoms with E-state index in [9.17, 15) is 4.79 Å². The first-order chi connectivity index (χ1) is 10.7. The van der Waals surface area contributed by atoms with Gasteiger partial charge >= 0.3 is 0 Å². The van der Waals surface area contributed by atoms with Crippen molar-refractivity contribution in [2.75, 3.05) is 45.7 Å². The molecule has 0 saturated carbocycles. The van der Waals surface area contributed by atoms with Gasteiger partial charge in [0.15, 0.2) is 5.96 Å². The topological polar surface area (TPSA) is 78.8 Å². The van der Waals surface area contributed by atoms with E-state index in [2.05, 4.69) is 25.5 Å². The normalized spacial score (nSPS) is 17.6. The number of carbonyl (C=O) groups is 1. The van der Waals surface area contributed by atoms with Crippen molar-refractivity contribution in [1.82, 2.24) is 15.2 Å². The average molecular weight is 433 g/mol. The second-order valence-electron chi connectivity index (χ2n) is 5.25. The molecule has 128 valence electrons. The molecular formula is C15H24IN5O2. The van der Waals surface area contributed by atoms with Gasteiger partial charge in [0.05, 0.1) is 25.0 Å². The van der Waals surface area contributed by atoms with E-state index in [1.807, 2.05) is 0 Å². The molecule has 1 fully saturated rings. The Bertz CT molecular complexity index is 512. The molecule has 2 rings (SSSR count). The molecule has 1 aliphatic heterocycles. The number of halogens is 1. The Hall–Kier alpha value is -1.42. The molecule has 7 nitrogen and oxygen atoms in total. The van der Waals surface area contributed by atoms with Crippen LogP contribution in [0.25, 0.3) is 0 Å². The van der Waals surface area contributed by atoms with Crippen molar-refractivity contribution in [3.8, 4) is 0 Å². The molecule has 0 radical (unpaired) electrons. The van der Waals surface area contributed by atoms with E-state index in [0.717, 1.165) is 32.1 Å². The standard InChI is InChI=1S/C15H23N5O2.HI/c1-16-15(20-7-5-12(10-20)11-22-2)18-9-14(21)19-13-4-3-6-17-8-13;/h3-4,6,8,12H,5,7,9-11H2,1-2H3,(H,16,18)(H,19,21);1H. The van der Waals surface area contributed by atoms with Gasteiger partial charge in [0.25, 0.3) is 0 Å². The van der Waals surface area contributed by atoms with Gasteiger partial charge in [0.2, 0.25) is 5.91 Å². The molecule has 0 bridgehead atoms. The van der Waals surface area contributed by atoms with Crippen molar-refractivity contribution in [3.63, 3.8) is 0 Å². The van der Waals surface area contributed by atoms with Gasteiger partial charge in [-0.3, -0.25) is 14.8 Å². The van der Waals surface area contributed by atoms with Crippen LogP contribution < -0.4 is 10.6 Å². The predicted molar refractivity (Wildman–Crippen MR) is 101 cm³/mol. The first-order valence-corrected chi connectivity index (χ1v) is 7.37. The maximum absolute atomic E-state index is 11.9. The fourth-order valence-electron chi connectivity index (χ4n) is 2.53. The number of ether oxygens (including phenoxy) is 1. The summed E-state index contributed by atoms with van der Waals surface area (Å²) < 4.78 is 5.20. The zero-order chi connectivity index (χ0) is 15.8. The fraction of sp³-hybridized carbons (Fsp3) is 0.533. The van der Waals surface area contributed by atoms with E-state index in [0.29, 0.717) is 11.6 Å². The van der Waals surface area contributed by atoms with Gasteiger partial charge in [0, 0.05) is 39.4 Å². The molecule has 2 heterocycles. The van der Waals surface area contributed by atoms with Crippen molar-refractivity contribution in [2.24, 2.45) is 10.9 Å². The Labute approximate surface area is 153 Å². The summed E-state index contributed by atoms with van der Waals surface area (Å²) in [6, 6.07) is 3.58. The van der Waals surface area contributed by atoms with Gasteiger partial charge in [-0.05, 0) is 18.6 Å². The molecule has 23 heavy (non-hydrogen) atoms. The van der Waals surface area contributed by atoms with Gasteiger partial charge in [-0.1, -0.05) is 0 Å². The van der Waals surface area contributed by atoms with E-state index >= 15 is 0 Å². The van der Waals surface area contributed by atoms with Crippen LogP contribution in [0.2, 0.25) is 0 Å². The molecule has 0 spiro atoms. The molecule has 2 N–H and O–H groups in total. The lowest BCUT2D eigenvalue weighted by molar-refractivity contribution is -0.115. The van der Waals surface area contributed by atoms with Crippen molar-refractivity contribution in [2.45, 2.75) is 6.42 Å². The molecule has 1 aromatic rings. The second-order valence-corrected chi connectivity index (χ2v) is 5.25. The summed E-state index contributed by atoms with van der Waals surface area (Å²) in [5, 5.41) is 5.88. The summed E-state index contributed by atoms with van der Waals surface area (Å²) in [5.41, 5.74) is 0.686. The van der Waals surface area contributed by atoms with Crippen LogP contribution in [0.5, 0.6) is 0 Å². The number of likely N-dealkylation sites (tertiary alicyclic amines) is 1. The number of hydrogen-bond acceptors (Lipinski definition) is 4. The molecule has 1 amide bonds. The lowest BCUT2D eigenvalue weighted by atomic mass is 10.1. The number of nitrogens with zero attached hydrogens (tertiary/aromatic N) is 3. The summed E-state index contributed by atoms with van der Waals surface area (Å²) in [6.07, 6.45) is 4.36. The predicted octanol–water partition coefficient (Wildman–Crippen LogP) is 1.18. The van der Waals surface area contributed by atoms with E-state index < -0.39 is 0 Å². The third-order valence-electron chi connectivity index (χ3n) is 3.55. The minimum atomic E-state index is -0.123. The Morgan fingerprint density at radius 1 is 1.57 bits per heavy atom. The molecule has 1 saturated heterocycles. The Balaban J connectivity index is 0.00000264. The van der Waals surface area contributed by atoms with Crippen LogP contribution in [-0.2, 0) is 9.53 Å². The van der Waals surface area contributed by atoms with Gasteiger partial charge in [-0.15, -0.1) is 24.0 Å². The first-order valence-electron chi connectivity index (χ1n) is 7.37. The fourth-order valence-corrected chi connectivity index (χ4v) is 2.53. The van der Waals surface area contributed by atoms with Crippen LogP contribution in [0.3, 0.4) is 0 Å². The first kappa shape index (κ1) is 19.6. The highest BCUT2D eigenvalue weighted by atomic mass is 127. The molecule has 1 unspecified atom stereocenters. The minimum Gasteiger partial charge on any atom is -0.384 e. The van der Waals surface area contributed by atoms with Gasteiger partial charge in [-0.2, -0.15) is 0 Å². The number of hydrogen-bond donors (Lipinski definition) is 2. The number of anilines is 1. The smallest absolute Gasteiger partial charge is 0.243 e. The third kappa shape index (κ3) is 6.30. The van der Waals surface area contributed by atoms with Gasteiger partial charge < -0.3 is 20.3 Å². The largest absolute Gasteiger partial charge is 0.384 e. The molecule has 0 aliphatic carbocycles. The molecule has 1 atom stereocenters. The number of aromatic nitrogens is 1. The summed E-state index contributed by atoms with van der Waals surface area (Å²) in [6.45, 7) is 2.76. The lowest BCUT2D eigenvalue weighted by Crippen LogP contribution is -2.43. The lowest BCUT2D eigenvalue weighted by Gasteiger charge is -2.21. The number of rotatable bonds is 5. The number of pyridine rings is 1. The van der Waals surface area contributed by atoms with Crippen LogP contribution >= 0.6 is 24.0 Å². The van der Waals surface area contributed by atoms with E-state index in [1.54, 1.807) is 38.7 Å². The van der Waals surface area contributed by atoms with Crippen LogP contribution in [0, 0.1) is 5.92 Å². The van der Waals surface area contributed by atoms with Crippen molar-refractivity contribution in [3.05, 3.63) is 24.5 Å². The zero-order valence-corrected chi connectivity index (χ0v) is 15.8. The molecule has 1 aromatic heterocycles. The van der Waals surface area contributed by atoms with Crippen LogP contribution in [0.1, 0.15) is 6.42 Å². The van der Waals surface area contributed by atoms with Crippen molar-refractivity contribution < 1.29 is 9.53 Å². The highest BCUT2D eigenvalue weighted by Gasteiger charge is 2.24. The minimum absolute atomic E-state index is 0. The zero-order valence-electron chi connectivity index (χ0n) is 13.5. The Morgan fingerprint density at radius 3 is 3.04 bits per heavy atom. The highest BCUT2D eigenvalue weighted by Crippen LogP contribution is 2.16. The number of aliphatic imine (C=N–C) groups is 1. The van der Waals surface area contributed by atoms with Crippen LogP contribution in [0.15, 0.2) is 29.5 Å². The van der Waals surface area contributed by atoms with E-state index in [-0.39, 0.29) is 36.4 Å². The number of guanidine groups is 1. The molecule has 8 heteroatoms. The van der Waals surface area contributed by atoms with E-state index in [1.165, 1.54) is 0 Å². The number of amides is 1. The van der Waals surface area contributed by atoms with Crippen molar-refractivity contribution in [1.29, 1.82) is 0 Å². The van der Waals surface area contributed by atoms with Crippen LogP contribution in [-0.4, -0.2) is 62.1 Å². The summed E-state index contributed by atoms with van der Waals surface area (Å²) in [7, 11) is 3.45. The number of carbonyl (C=O) groups excluding carboxylic acids is 1. The summed E-state index contributed by atoms with van der Waals surface area (Å²) in [5.74, 6) is 1.15. The van der Waals surface area contributed by atoms with E-state index in [4.69, 9.17) is 4.74 Å².